The Hall–Kier alpha value is -0.820. The molecule has 0 heterocycles. The van der Waals surface area contributed by atoms with Crippen molar-refractivity contribution < 1.29 is 0 Å². The van der Waals surface area contributed by atoms with Gasteiger partial charge in [-0.05, 0) is 43.6 Å². The lowest BCUT2D eigenvalue weighted by Crippen LogP contribution is -2.36. The molecule has 1 aliphatic carbocycles. The minimum Gasteiger partial charge on any atom is -0.307 e. The van der Waals surface area contributed by atoms with Gasteiger partial charge in [-0.25, -0.2) is 0 Å². The van der Waals surface area contributed by atoms with Gasteiger partial charge in [-0.2, -0.15) is 0 Å². The van der Waals surface area contributed by atoms with Crippen LogP contribution in [0, 0.1) is 11.8 Å². The highest BCUT2D eigenvalue weighted by molar-refractivity contribution is 5.19. The summed E-state index contributed by atoms with van der Waals surface area (Å²) in [6.45, 7) is 7.02. The van der Waals surface area contributed by atoms with Crippen LogP contribution in [0.5, 0.6) is 0 Å². The van der Waals surface area contributed by atoms with E-state index >= 15 is 0 Å². The van der Waals surface area contributed by atoms with Gasteiger partial charge in [0.05, 0.1) is 0 Å². The summed E-state index contributed by atoms with van der Waals surface area (Å²) in [7, 11) is 0. The van der Waals surface area contributed by atoms with Crippen molar-refractivity contribution in [3.05, 3.63) is 35.9 Å². The Bertz CT molecular complexity index is 351. The molecule has 1 saturated carbocycles. The zero-order chi connectivity index (χ0) is 13.7. The summed E-state index contributed by atoms with van der Waals surface area (Å²) >= 11 is 0. The van der Waals surface area contributed by atoms with E-state index in [1.807, 2.05) is 0 Å². The molecule has 0 spiro atoms. The van der Waals surface area contributed by atoms with Gasteiger partial charge < -0.3 is 5.32 Å². The lowest BCUT2D eigenvalue weighted by atomic mass is 9.93. The van der Waals surface area contributed by atoms with Crippen molar-refractivity contribution in [1.29, 1.82) is 0 Å². The minimum atomic E-state index is 0.511. The van der Waals surface area contributed by atoms with E-state index in [0.717, 1.165) is 11.8 Å². The number of hydrogen-bond acceptors (Lipinski definition) is 1. The minimum absolute atomic E-state index is 0.511. The highest BCUT2D eigenvalue weighted by Gasteiger charge is 2.24. The Morgan fingerprint density at radius 2 is 1.68 bits per heavy atom. The molecule has 106 valence electrons. The zero-order valence-electron chi connectivity index (χ0n) is 12.7. The van der Waals surface area contributed by atoms with Gasteiger partial charge in [-0.15, -0.1) is 0 Å². The quantitative estimate of drug-likeness (QED) is 0.763. The first-order valence-corrected chi connectivity index (χ1v) is 7.98. The molecule has 0 radical (unpaired) electrons. The Labute approximate surface area is 118 Å². The molecule has 1 heteroatoms. The van der Waals surface area contributed by atoms with Gasteiger partial charge in [0.2, 0.25) is 0 Å². The smallest absolute Gasteiger partial charge is 0.0325 e. The fourth-order valence-corrected chi connectivity index (χ4v) is 3.37. The lowest BCUT2D eigenvalue weighted by molar-refractivity contribution is 0.317. The standard InChI is InChI=1S/C18H29N/c1-14(2)13-18(17-11-5-4-6-12-17)19-15(3)16-9-7-8-10-16/h4-6,11-12,14-16,18-19H,7-10,13H2,1-3H3/t15-,18?/m1/s1. The van der Waals surface area contributed by atoms with Crippen LogP contribution >= 0.6 is 0 Å². The van der Waals surface area contributed by atoms with Crippen LogP contribution in [0.4, 0.5) is 0 Å². The van der Waals surface area contributed by atoms with Crippen molar-refractivity contribution in [2.45, 2.75) is 65.0 Å². The Morgan fingerprint density at radius 3 is 2.26 bits per heavy atom. The highest BCUT2D eigenvalue weighted by Crippen LogP contribution is 2.30. The molecule has 1 aromatic rings. The van der Waals surface area contributed by atoms with Crippen LogP contribution in [-0.2, 0) is 0 Å². The van der Waals surface area contributed by atoms with Crippen molar-refractivity contribution >= 4 is 0 Å². The third-order valence-corrected chi connectivity index (χ3v) is 4.48. The molecule has 0 bridgehead atoms. The van der Waals surface area contributed by atoms with E-state index < -0.39 is 0 Å². The topological polar surface area (TPSA) is 12.0 Å². The van der Waals surface area contributed by atoms with Crippen LogP contribution in [0.3, 0.4) is 0 Å². The molecule has 1 unspecified atom stereocenters. The summed E-state index contributed by atoms with van der Waals surface area (Å²) < 4.78 is 0. The molecule has 0 aromatic heterocycles. The maximum atomic E-state index is 3.91. The first-order chi connectivity index (χ1) is 9.16. The fraction of sp³-hybridized carbons (Fsp3) is 0.667. The molecular formula is C18H29N. The predicted octanol–water partition coefficient (Wildman–Crippen LogP) is 4.94. The van der Waals surface area contributed by atoms with E-state index in [9.17, 15) is 0 Å². The summed E-state index contributed by atoms with van der Waals surface area (Å²) in [4.78, 5) is 0. The van der Waals surface area contributed by atoms with Crippen molar-refractivity contribution in [3.63, 3.8) is 0 Å². The van der Waals surface area contributed by atoms with E-state index in [2.05, 4.69) is 56.4 Å². The molecular weight excluding hydrogens is 230 g/mol. The van der Waals surface area contributed by atoms with Crippen LogP contribution in [0.25, 0.3) is 0 Å². The Morgan fingerprint density at radius 1 is 1.05 bits per heavy atom. The molecule has 19 heavy (non-hydrogen) atoms. The van der Waals surface area contributed by atoms with Gasteiger partial charge in [0, 0.05) is 12.1 Å². The van der Waals surface area contributed by atoms with Crippen LogP contribution in [0.15, 0.2) is 30.3 Å². The number of rotatable bonds is 6. The van der Waals surface area contributed by atoms with Gasteiger partial charge in [-0.1, -0.05) is 57.0 Å². The van der Waals surface area contributed by atoms with E-state index in [4.69, 9.17) is 0 Å². The number of hydrogen-bond donors (Lipinski definition) is 1. The molecule has 1 aromatic carbocycles. The molecule has 1 aliphatic rings. The second kappa shape index (κ2) is 7.09. The van der Waals surface area contributed by atoms with Gasteiger partial charge >= 0.3 is 0 Å². The van der Waals surface area contributed by atoms with E-state index in [1.54, 1.807) is 0 Å². The lowest BCUT2D eigenvalue weighted by Gasteiger charge is -2.28. The first-order valence-electron chi connectivity index (χ1n) is 7.98. The number of nitrogens with one attached hydrogen (secondary N) is 1. The van der Waals surface area contributed by atoms with E-state index in [0.29, 0.717) is 12.1 Å². The molecule has 0 aliphatic heterocycles. The summed E-state index contributed by atoms with van der Waals surface area (Å²) in [5.74, 6) is 1.62. The van der Waals surface area contributed by atoms with Crippen LogP contribution in [0.1, 0.15) is 64.5 Å². The summed E-state index contributed by atoms with van der Waals surface area (Å²) in [5.41, 5.74) is 1.45. The second-order valence-electron chi connectivity index (χ2n) is 6.59. The largest absolute Gasteiger partial charge is 0.307 e. The van der Waals surface area contributed by atoms with E-state index in [1.165, 1.54) is 37.7 Å². The summed E-state index contributed by atoms with van der Waals surface area (Å²) in [6, 6.07) is 12.1. The molecule has 1 fully saturated rings. The third kappa shape index (κ3) is 4.35. The van der Waals surface area contributed by atoms with Gasteiger partial charge in [0.1, 0.15) is 0 Å². The molecule has 2 rings (SSSR count). The second-order valence-corrected chi connectivity index (χ2v) is 6.59. The normalized spacial score (nSPS) is 19.8. The fourth-order valence-electron chi connectivity index (χ4n) is 3.37. The third-order valence-electron chi connectivity index (χ3n) is 4.48. The van der Waals surface area contributed by atoms with Crippen LogP contribution < -0.4 is 5.32 Å². The first kappa shape index (κ1) is 14.6. The highest BCUT2D eigenvalue weighted by atomic mass is 15.0. The van der Waals surface area contributed by atoms with Gasteiger partial charge in [0.25, 0.3) is 0 Å². The molecule has 0 saturated heterocycles. The SMILES string of the molecule is CC(C)CC(N[C@H](C)C1CCCC1)c1ccccc1. The molecule has 1 N–H and O–H groups in total. The van der Waals surface area contributed by atoms with Gasteiger partial charge in [0.15, 0.2) is 0 Å². The monoisotopic (exact) mass is 259 g/mol. The van der Waals surface area contributed by atoms with E-state index in [-0.39, 0.29) is 0 Å². The van der Waals surface area contributed by atoms with Crippen molar-refractivity contribution in [1.82, 2.24) is 5.32 Å². The van der Waals surface area contributed by atoms with Crippen molar-refractivity contribution in [3.8, 4) is 0 Å². The number of benzene rings is 1. The van der Waals surface area contributed by atoms with Crippen LogP contribution in [0.2, 0.25) is 0 Å². The molecule has 1 nitrogen and oxygen atoms in total. The van der Waals surface area contributed by atoms with Crippen molar-refractivity contribution in [2.24, 2.45) is 11.8 Å². The predicted molar refractivity (Wildman–Crippen MR) is 83.2 cm³/mol. The maximum absolute atomic E-state index is 3.91. The average molecular weight is 259 g/mol. The average Bonchev–Trinajstić information content (AvgIpc) is 2.92. The Kier molecular flexibility index (Phi) is 5.45. The summed E-state index contributed by atoms with van der Waals surface area (Å²) in [5, 5.41) is 3.91. The van der Waals surface area contributed by atoms with Crippen molar-refractivity contribution in [2.75, 3.05) is 0 Å². The zero-order valence-corrected chi connectivity index (χ0v) is 12.7. The molecule has 0 amide bonds. The summed E-state index contributed by atoms with van der Waals surface area (Å²) in [6.07, 6.45) is 6.91. The Balaban J connectivity index is 2.01. The van der Waals surface area contributed by atoms with Crippen LogP contribution in [-0.4, -0.2) is 6.04 Å². The van der Waals surface area contributed by atoms with Gasteiger partial charge in [-0.3, -0.25) is 0 Å². The maximum Gasteiger partial charge on any atom is 0.0325 e. The molecule has 2 atom stereocenters.